The maximum absolute atomic E-state index is 9.69. The molecule has 22 heavy (non-hydrogen) atoms. The summed E-state index contributed by atoms with van der Waals surface area (Å²) in [4.78, 5) is 15.0. The van der Waals surface area contributed by atoms with Crippen LogP contribution in [0.5, 0.6) is 5.88 Å². The van der Waals surface area contributed by atoms with Crippen molar-refractivity contribution in [2.45, 2.75) is 33.2 Å². The molecule has 7 nitrogen and oxygen atoms in total. The van der Waals surface area contributed by atoms with Gasteiger partial charge in [-0.3, -0.25) is 0 Å². The highest BCUT2D eigenvalue weighted by Crippen LogP contribution is 2.37. The Bertz CT molecular complexity index is 686. The Morgan fingerprint density at radius 2 is 2.05 bits per heavy atom. The summed E-state index contributed by atoms with van der Waals surface area (Å²) >= 11 is 0. The Labute approximate surface area is 130 Å². The highest BCUT2D eigenvalue weighted by Gasteiger charge is 2.36. The summed E-state index contributed by atoms with van der Waals surface area (Å²) in [6.45, 7) is 7.96. The quantitative estimate of drug-likeness (QED) is 0.824. The van der Waals surface area contributed by atoms with E-state index in [0.717, 1.165) is 5.39 Å². The van der Waals surface area contributed by atoms with E-state index in [1.54, 1.807) is 6.07 Å². The first kappa shape index (κ1) is 16.2. The second-order valence-corrected chi connectivity index (χ2v) is 5.34. The molecule has 1 atom stereocenters. The van der Waals surface area contributed by atoms with Crippen LogP contribution in [0.1, 0.15) is 26.6 Å². The lowest BCUT2D eigenvalue weighted by molar-refractivity contribution is 0.142. The average molecular weight is 305 g/mol. The van der Waals surface area contributed by atoms with E-state index in [-0.39, 0.29) is 6.61 Å². The lowest BCUT2D eigenvalue weighted by atomic mass is 10.0. The summed E-state index contributed by atoms with van der Waals surface area (Å²) in [6.07, 6.45) is 0. The van der Waals surface area contributed by atoms with Gasteiger partial charge in [0.1, 0.15) is 29.5 Å². The minimum Gasteiger partial charge on any atom is -0.474 e. The summed E-state index contributed by atoms with van der Waals surface area (Å²) in [7, 11) is 1.88. The zero-order valence-corrected chi connectivity index (χ0v) is 13.7. The maximum atomic E-state index is 9.69. The molecule has 0 radical (unpaired) electrons. The number of aryl methyl sites for hydroxylation is 1. The SMILES string of the molecule is CC.Cc1nc2c3c(nc(N)cc3n1)OC[C@@](C)(CO)N2C. The first-order valence-electron chi connectivity index (χ1n) is 7.37. The standard InChI is InChI=1S/C13H17N5O2.C2H6/c1-7-15-8-4-9(14)17-12-10(8)11(16-7)18(3)13(2,5-19)6-20-12;1-2/h4,19H,5-6H2,1-3H3,(H2,14,17);1-2H3/t13-;/m1./s1. The largest absolute Gasteiger partial charge is 0.474 e. The number of ether oxygens (including phenoxy) is 1. The van der Waals surface area contributed by atoms with Gasteiger partial charge >= 0.3 is 0 Å². The van der Waals surface area contributed by atoms with E-state index in [4.69, 9.17) is 10.5 Å². The summed E-state index contributed by atoms with van der Waals surface area (Å²) in [5.41, 5.74) is 5.91. The maximum Gasteiger partial charge on any atom is 0.228 e. The van der Waals surface area contributed by atoms with E-state index in [0.29, 0.717) is 35.5 Å². The van der Waals surface area contributed by atoms with Gasteiger partial charge in [0.15, 0.2) is 0 Å². The molecule has 1 aliphatic heterocycles. The number of rotatable bonds is 1. The minimum absolute atomic E-state index is 0.0580. The molecular formula is C15H23N5O2. The molecule has 0 spiro atoms. The highest BCUT2D eigenvalue weighted by molar-refractivity contribution is 5.95. The smallest absolute Gasteiger partial charge is 0.228 e. The lowest BCUT2D eigenvalue weighted by Gasteiger charge is -2.36. The predicted molar refractivity (Wildman–Crippen MR) is 87.2 cm³/mol. The molecule has 120 valence electrons. The van der Waals surface area contributed by atoms with Crippen LogP contribution in [0.3, 0.4) is 0 Å². The molecule has 0 saturated heterocycles. The van der Waals surface area contributed by atoms with Crippen LogP contribution in [-0.2, 0) is 0 Å². The van der Waals surface area contributed by atoms with Crippen LogP contribution >= 0.6 is 0 Å². The molecule has 3 N–H and O–H groups in total. The fourth-order valence-electron chi connectivity index (χ4n) is 2.31. The molecule has 2 aromatic heterocycles. The summed E-state index contributed by atoms with van der Waals surface area (Å²) in [6, 6.07) is 1.70. The lowest BCUT2D eigenvalue weighted by Crippen LogP contribution is -2.51. The van der Waals surface area contributed by atoms with Gasteiger partial charge in [-0.25, -0.2) is 9.97 Å². The summed E-state index contributed by atoms with van der Waals surface area (Å²) in [5, 5.41) is 10.4. The normalized spacial score (nSPS) is 20.0. The second kappa shape index (κ2) is 5.92. The van der Waals surface area contributed by atoms with Gasteiger partial charge in [-0.05, 0) is 13.8 Å². The highest BCUT2D eigenvalue weighted by atomic mass is 16.5. The van der Waals surface area contributed by atoms with Crippen molar-refractivity contribution in [3.8, 4) is 5.88 Å². The Morgan fingerprint density at radius 1 is 1.36 bits per heavy atom. The Hall–Kier alpha value is -2.15. The van der Waals surface area contributed by atoms with Crippen molar-refractivity contribution in [3.05, 3.63) is 11.9 Å². The van der Waals surface area contributed by atoms with Crippen molar-refractivity contribution >= 4 is 22.5 Å². The van der Waals surface area contributed by atoms with E-state index in [9.17, 15) is 5.11 Å². The molecule has 0 aliphatic carbocycles. The van der Waals surface area contributed by atoms with Crippen LogP contribution in [0.4, 0.5) is 11.6 Å². The first-order valence-corrected chi connectivity index (χ1v) is 7.37. The van der Waals surface area contributed by atoms with Crippen LogP contribution in [0, 0.1) is 6.92 Å². The third-order valence-corrected chi connectivity index (χ3v) is 3.75. The fourth-order valence-corrected chi connectivity index (χ4v) is 2.31. The molecular weight excluding hydrogens is 282 g/mol. The topological polar surface area (TPSA) is 97.4 Å². The van der Waals surface area contributed by atoms with E-state index in [1.807, 2.05) is 39.6 Å². The number of anilines is 2. The van der Waals surface area contributed by atoms with Gasteiger partial charge in [0, 0.05) is 13.1 Å². The summed E-state index contributed by atoms with van der Waals surface area (Å²) in [5.74, 6) is 2.10. The first-order chi connectivity index (χ1) is 10.4. The molecule has 1 aliphatic rings. The van der Waals surface area contributed by atoms with Gasteiger partial charge < -0.3 is 20.5 Å². The number of nitrogens with zero attached hydrogens (tertiary/aromatic N) is 4. The van der Waals surface area contributed by atoms with E-state index >= 15 is 0 Å². The van der Waals surface area contributed by atoms with Gasteiger partial charge in [0.05, 0.1) is 17.7 Å². The van der Waals surface area contributed by atoms with Gasteiger partial charge in [-0.2, -0.15) is 4.98 Å². The van der Waals surface area contributed by atoms with Crippen molar-refractivity contribution in [1.29, 1.82) is 0 Å². The monoisotopic (exact) mass is 305 g/mol. The van der Waals surface area contributed by atoms with Crippen molar-refractivity contribution in [2.75, 3.05) is 30.9 Å². The van der Waals surface area contributed by atoms with Crippen molar-refractivity contribution in [1.82, 2.24) is 15.0 Å². The number of nitrogen functional groups attached to an aromatic ring is 1. The number of aliphatic hydroxyl groups excluding tert-OH is 1. The minimum atomic E-state index is -0.580. The number of aromatic nitrogens is 3. The molecule has 3 rings (SSSR count). The molecule has 7 heteroatoms. The third-order valence-electron chi connectivity index (χ3n) is 3.75. The van der Waals surface area contributed by atoms with E-state index in [2.05, 4.69) is 15.0 Å². The van der Waals surface area contributed by atoms with Crippen LogP contribution in [-0.4, -0.2) is 45.9 Å². The molecule has 0 amide bonds. The van der Waals surface area contributed by atoms with E-state index < -0.39 is 5.54 Å². The molecule has 2 aromatic rings. The van der Waals surface area contributed by atoms with Gasteiger partial charge in [-0.1, -0.05) is 13.8 Å². The Morgan fingerprint density at radius 3 is 2.68 bits per heavy atom. The zero-order chi connectivity index (χ0) is 16.5. The molecule has 3 heterocycles. The average Bonchev–Trinajstić information content (AvgIpc) is 2.61. The molecule has 0 bridgehead atoms. The van der Waals surface area contributed by atoms with Gasteiger partial charge in [0.2, 0.25) is 5.88 Å². The van der Waals surface area contributed by atoms with Crippen LogP contribution in [0.2, 0.25) is 0 Å². The molecule has 0 aromatic carbocycles. The molecule has 0 unspecified atom stereocenters. The number of hydrogen-bond acceptors (Lipinski definition) is 7. The third kappa shape index (κ3) is 2.52. The Balaban J connectivity index is 0.000000847. The van der Waals surface area contributed by atoms with Crippen LogP contribution in [0.15, 0.2) is 6.07 Å². The van der Waals surface area contributed by atoms with Gasteiger partial charge in [-0.15, -0.1) is 0 Å². The van der Waals surface area contributed by atoms with Crippen LogP contribution in [0.25, 0.3) is 10.9 Å². The number of pyridine rings is 1. The Kier molecular flexibility index (Phi) is 4.37. The van der Waals surface area contributed by atoms with E-state index in [1.165, 1.54) is 0 Å². The second-order valence-electron chi connectivity index (χ2n) is 5.34. The zero-order valence-electron chi connectivity index (χ0n) is 13.7. The number of likely N-dealkylation sites (N-methyl/N-ethyl adjacent to an activating group) is 1. The number of hydrogen-bond donors (Lipinski definition) is 2. The fraction of sp³-hybridized carbons (Fsp3) is 0.533. The van der Waals surface area contributed by atoms with Crippen molar-refractivity contribution in [2.24, 2.45) is 0 Å². The molecule has 0 fully saturated rings. The predicted octanol–water partition coefficient (Wildman–Crippen LogP) is 1.52. The number of nitrogens with two attached hydrogens (primary N) is 1. The molecule has 0 saturated carbocycles. The van der Waals surface area contributed by atoms with Crippen LogP contribution < -0.4 is 15.4 Å². The summed E-state index contributed by atoms with van der Waals surface area (Å²) < 4.78 is 5.75. The van der Waals surface area contributed by atoms with Gasteiger partial charge in [0.25, 0.3) is 0 Å². The number of aliphatic hydroxyl groups is 1. The van der Waals surface area contributed by atoms with Crippen molar-refractivity contribution < 1.29 is 9.84 Å². The van der Waals surface area contributed by atoms with Crippen molar-refractivity contribution in [3.63, 3.8) is 0 Å².